The predicted octanol–water partition coefficient (Wildman–Crippen LogP) is 2.59. The molecule has 2 N–H and O–H groups in total. The molecule has 0 aliphatic carbocycles. The van der Waals surface area contributed by atoms with Crippen molar-refractivity contribution >= 4 is 23.5 Å². The molecule has 0 radical (unpaired) electrons. The summed E-state index contributed by atoms with van der Waals surface area (Å²) < 4.78 is 10.4. The van der Waals surface area contributed by atoms with E-state index in [4.69, 9.17) is 9.47 Å². The SMILES string of the molecule is COc1ccc(NC(=O)CCC2NC(=O)N(CCc3ccccc3)C2=O)cc1OC. The third kappa shape index (κ3) is 5.08. The zero-order valence-electron chi connectivity index (χ0n) is 17.0. The number of hydrogen-bond acceptors (Lipinski definition) is 5. The summed E-state index contributed by atoms with van der Waals surface area (Å²) in [4.78, 5) is 38.2. The highest BCUT2D eigenvalue weighted by molar-refractivity contribution is 6.04. The molecule has 0 bridgehead atoms. The van der Waals surface area contributed by atoms with Gasteiger partial charge in [-0.15, -0.1) is 0 Å². The van der Waals surface area contributed by atoms with Gasteiger partial charge >= 0.3 is 6.03 Å². The summed E-state index contributed by atoms with van der Waals surface area (Å²) in [6.07, 6.45) is 0.912. The van der Waals surface area contributed by atoms with Gasteiger partial charge in [-0.05, 0) is 30.5 Å². The lowest BCUT2D eigenvalue weighted by molar-refractivity contribution is -0.127. The van der Waals surface area contributed by atoms with Gasteiger partial charge in [-0.25, -0.2) is 4.79 Å². The van der Waals surface area contributed by atoms with Crippen LogP contribution < -0.4 is 20.1 Å². The molecule has 3 rings (SSSR count). The largest absolute Gasteiger partial charge is 0.493 e. The Morgan fingerprint density at radius 2 is 1.80 bits per heavy atom. The number of benzene rings is 2. The van der Waals surface area contributed by atoms with Gasteiger partial charge in [0.2, 0.25) is 5.91 Å². The molecule has 4 amide bonds. The molecule has 1 aliphatic rings. The monoisotopic (exact) mass is 411 g/mol. The third-order valence-electron chi connectivity index (χ3n) is 4.90. The van der Waals surface area contributed by atoms with Crippen molar-refractivity contribution in [1.82, 2.24) is 10.2 Å². The first kappa shape index (κ1) is 21.2. The Morgan fingerprint density at radius 1 is 1.07 bits per heavy atom. The molecule has 8 heteroatoms. The first-order valence-corrected chi connectivity index (χ1v) is 9.69. The molecule has 1 heterocycles. The summed E-state index contributed by atoms with van der Waals surface area (Å²) in [6.45, 7) is 0.309. The predicted molar refractivity (Wildman–Crippen MR) is 112 cm³/mol. The molecule has 0 aromatic heterocycles. The van der Waals surface area contributed by atoms with Crippen LogP contribution in [-0.4, -0.2) is 49.6 Å². The van der Waals surface area contributed by atoms with Crippen LogP contribution in [0.1, 0.15) is 18.4 Å². The van der Waals surface area contributed by atoms with E-state index in [1.165, 1.54) is 19.1 Å². The lowest BCUT2D eigenvalue weighted by atomic mass is 10.1. The fourth-order valence-corrected chi connectivity index (χ4v) is 3.28. The summed E-state index contributed by atoms with van der Waals surface area (Å²) in [5.41, 5.74) is 1.61. The first-order chi connectivity index (χ1) is 14.5. The van der Waals surface area contributed by atoms with Crippen LogP contribution in [0.15, 0.2) is 48.5 Å². The maximum atomic E-state index is 12.5. The zero-order valence-corrected chi connectivity index (χ0v) is 17.0. The van der Waals surface area contributed by atoms with Crippen LogP contribution in [-0.2, 0) is 16.0 Å². The molecule has 1 fully saturated rings. The van der Waals surface area contributed by atoms with Gasteiger partial charge in [0.1, 0.15) is 6.04 Å². The van der Waals surface area contributed by atoms with Crippen LogP contribution in [0.4, 0.5) is 10.5 Å². The summed E-state index contributed by atoms with van der Waals surface area (Å²) in [6, 6.07) is 13.6. The van der Waals surface area contributed by atoms with Crippen LogP contribution in [0.3, 0.4) is 0 Å². The minimum absolute atomic E-state index is 0.0948. The van der Waals surface area contributed by atoms with E-state index in [1.54, 1.807) is 18.2 Å². The Hall–Kier alpha value is -3.55. The lowest BCUT2D eigenvalue weighted by Crippen LogP contribution is -2.33. The van der Waals surface area contributed by atoms with Gasteiger partial charge in [-0.3, -0.25) is 14.5 Å². The fraction of sp³-hybridized carbons (Fsp3) is 0.318. The van der Waals surface area contributed by atoms with E-state index in [0.29, 0.717) is 30.2 Å². The third-order valence-corrected chi connectivity index (χ3v) is 4.90. The summed E-state index contributed by atoms with van der Waals surface area (Å²) in [7, 11) is 3.05. The van der Waals surface area contributed by atoms with E-state index in [1.807, 2.05) is 30.3 Å². The molecule has 2 aromatic rings. The highest BCUT2D eigenvalue weighted by atomic mass is 16.5. The number of hydrogen-bond donors (Lipinski definition) is 2. The quantitative estimate of drug-likeness (QED) is 0.618. The van der Waals surface area contributed by atoms with E-state index in [-0.39, 0.29) is 24.7 Å². The average molecular weight is 411 g/mol. The molecule has 1 aliphatic heterocycles. The number of nitrogens with one attached hydrogen (secondary N) is 2. The van der Waals surface area contributed by atoms with Crippen LogP contribution in [0.5, 0.6) is 11.5 Å². The van der Waals surface area contributed by atoms with Gasteiger partial charge in [-0.2, -0.15) is 0 Å². The molecule has 1 saturated heterocycles. The first-order valence-electron chi connectivity index (χ1n) is 9.69. The number of carbonyl (C=O) groups excluding carboxylic acids is 3. The number of anilines is 1. The Morgan fingerprint density at radius 3 is 2.50 bits per heavy atom. The molecule has 30 heavy (non-hydrogen) atoms. The highest BCUT2D eigenvalue weighted by Crippen LogP contribution is 2.29. The molecule has 1 unspecified atom stereocenters. The average Bonchev–Trinajstić information content (AvgIpc) is 3.04. The van der Waals surface area contributed by atoms with Crippen molar-refractivity contribution < 1.29 is 23.9 Å². The Bertz CT molecular complexity index is 916. The van der Waals surface area contributed by atoms with Gasteiger partial charge in [0.25, 0.3) is 5.91 Å². The van der Waals surface area contributed by atoms with Crippen molar-refractivity contribution in [2.24, 2.45) is 0 Å². The van der Waals surface area contributed by atoms with Gasteiger partial charge in [0.05, 0.1) is 14.2 Å². The topological polar surface area (TPSA) is 97.0 Å². The molecule has 1 atom stereocenters. The van der Waals surface area contributed by atoms with E-state index in [0.717, 1.165) is 5.56 Å². The van der Waals surface area contributed by atoms with Crippen LogP contribution in [0, 0.1) is 0 Å². The second kappa shape index (κ2) is 9.78. The van der Waals surface area contributed by atoms with E-state index in [9.17, 15) is 14.4 Å². The van der Waals surface area contributed by atoms with Crippen LogP contribution >= 0.6 is 0 Å². The second-order valence-electron chi connectivity index (χ2n) is 6.88. The number of rotatable bonds is 9. The standard InChI is InChI=1S/C22H25N3O5/c1-29-18-10-8-16(14-19(18)30-2)23-20(26)11-9-17-21(27)25(22(28)24-17)13-12-15-6-4-3-5-7-15/h3-8,10,14,17H,9,11-13H2,1-2H3,(H,23,26)(H,24,28). The maximum absolute atomic E-state index is 12.5. The van der Waals surface area contributed by atoms with E-state index in [2.05, 4.69) is 10.6 Å². The molecular weight excluding hydrogens is 386 g/mol. The van der Waals surface area contributed by atoms with E-state index < -0.39 is 12.1 Å². The minimum Gasteiger partial charge on any atom is -0.493 e. The van der Waals surface area contributed by atoms with Gasteiger partial charge in [-0.1, -0.05) is 30.3 Å². The molecular formula is C22H25N3O5. The van der Waals surface area contributed by atoms with Crippen molar-refractivity contribution in [3.05, 3.63) is 54.1 Å². The molecule has 0 saturated carbocycles. The van der Waals surface area contributed by atoms with Crippen LogP contribution in [0.2, 0.25) is 0 Å². The minimum atomic E-state index is -0.690. The number of ether oxygens (including phenoxy) is 2. The number of nitrogens with zero attached hydrogens (tertiary/aromatic N) is 1. The van der Waals surface area contributed by atoms with E-state index >= 15 is 0 Å². The zero-order chi connectivity index (χ0) is 21.5. The van der Waals surface area contributed by atoms with Crippen molar-refractivity contribution in [2.75, 3.05) is 26.1 Å². The number of methoxy groups -OCH3 is 2. The molecule has 158 valence electrons. The van der Waals surface area contributed by atoms with Crippen molar-refractivity contribution in [3.63, 3.8) is 0 Å². The summed E-state index contributed by atoms with van der Waals surface area (Å²) in [5, 5.41) is 5.43. The highest BCUT2D eigenvalue weighted by Gasteiger charge is 2.37. The van der Waals surface area contributed by atoms with Gasteiger partial charge in [0, 0.05) is 24.7 Å². The molecule has 8 nitrogen and oxygen atoms in total. The number of amides is 4. The van der Waals surface area contributed by atoms with Gasteiger partial charge in [0.15, 0.2) is 11.5 Å². The summed E-state index contributed by atoms with van der Waals surface area (Å²) in [5.74, 6) is 0.509. The normalized spacial score (nSPS) is 15.7. The molecule has 2 aromatic carbocycles. The molecule has 0 spiro atoms. The fourth-order valence-electron chi connectivity index (χ4n) is 3.28. The number of imide groups is 1. The Balaban J connectivity index is 1.50. The number of urea groups is 1. The lowest BCUT2D eigenvalue weighted by Gasteiger charge is -2.13. The van der Waals surface area contributed by atoms with Crippen LogP contribution in [0.25, 0.3) is 0 Å². The van der Waals surface area contributed by atoms with Crippen molar-refractivity contribution in [3.8, 4) is 11.5 Å². The Kier molecular flexibility index (Phi) is 6.90. The second-order valence-corrected chi connectivity index (χ2v) is 6.88. The smallest absolute Gasteiger partial charge is 0.324 e. The van der Waals surface area contributed by atoms with Crippen molar-refractivity contribution in [2.45, 2.75) is 25.3 Å². The maximum Gasteiger partial charge on any atom is 0.324 e. The van der Waals surface area contributed by atoms with Gasteiger partial charge < -0.3 is 20.1 Å². The number of carbonyl (C=O) groups is 3. The van der Waals surface area contributed by atoms with Crippen molar-refractivity contribution in [1.29, 1.82) is 0 Å². The summed E-state index contributed by atoms with van der Waals surface area (Å²) >= 11 is 0. The Labute approximate surface area is 175 Å².